The van der Waals surface area contributed by atoms with Gasteiger partial charge in [0.05, 0.1) is 31.8 Å². The predicted octanol–water partition coefficient (Wildman–Crippen LogP) is 0.480. The molecular weight excluding hydrogens is 184 g/mol. The first kappa shape index (κ1) is 9.93. The highest BCUT2D eigenvalue weighted by atomic mass is 16.5. The molecule has 0 aromatic rings. The normalized spacial score (nSPS) is 34.8. The van der Waals surface area contributed by atoms with Crippen molar-refractivity contribution >= 4 is 5.97 Å². The first-order valence-electron chi connectivity index (χ1n) is 5.21. The van der Waals surface area contributed by atoms with Crippen LogP contribution in [0, 0.1) is 5.92 Å². The van der Waals surface area contributed by atoms with Gasteiger partial charge in [-0.05, 0) is 19.3 Å². The van der Waals surface area contributed by atoms with Gasteiger partial charge in [-0.15, -0.1) is 0 Å². The number of hydrogen-bond acceptors (Lipinski definition) is 4. The van der Waals surface area contributed by atoms with Crippen LogP contribution in [0.4, 0.5) is 0 Å². The zero-order chi connectivity index (χ0) is 9.97. The van der Waals surface area contributed by atoms with Crippen molar-refractivity contribution in [3.8, 4) is 0 Å². The molecule has 2 heterocycles. The minimum absolute atomic E-state index is 0.0989. The molecule has 14 heavy (non-hydrogen) atoms. The molecule has 4 heteroatoms. The van der Waals surface area contributed by atoms with Gasteiger partial charge in [0.25, 0.3) is 0 Å². The molecule has 0 aromatic heterocycles. The Labute approximate surface area is 83.2 Å². The number of aliphatic hydroxyl groups is 1. The zero-order valence-corrected chi connectivity index (χ0v) is 8.15. The standard InChI is InChI=1S/C10H16O4/c11-4-3-10(12)13-6-7-5-8-1-2-9(7)14-8/h7-9,11H,1-6H2. The van der Waals surface area contributed by atoms with Gasteiger partial charge in [0.15, 0.2) is 0 Å². The monoisotopic (exact) mass is 200 g/mol. The largest absolute Gasteiger partial charge is 0.465 e. The summed E-state index contributed by atoms with van der Waals surface area (Å²) in [5.41, 5.74) is 0. The molecule has 0 spiro atoms. The summed E-state index contributed by atoms with van der Waals surface area (Å²) in [6.07, 6.45) is 4.10. The molecule has 1 N–H and O–H groups in total. The minimum atomic E-state index is -0.310. The lowest BCUT2D eigenvalue weighted by Crippen LogP contribution is -2.23. The number of ether oxygens (including phenoxy) is 2. The van der Waals surface area contributed by atoms with E-state index in [4.69, 9.17) is 14.6 Å². The van der Waals surface area contributed by atoms with E-state index in [1.54, 1.807) is 0 Å². The highest BCUT2D eigenvalue weighted by molar-refractivity contribution is 5.69. The molecule has 80 valence electrons. The van der Waals surface area contributed by atoms with E-state index in [0.717, 1.165) is 19.3 Å². The van der Waals surface area contributed by atoms with Crippen molar-refractivity contribution in [3.63, 3.8) is 0 Å². The van der Waals surface area contributed by atoms with Crippen LogP contribution in [0.2, 0.25) is 0 Å². The van der Waals surface area contributed by atoms with Gasteiger partial charge in [0.1, 0.15) is 0 Å². The van der Waals surface area contributed by atoms with Crippen LogP contribution in [0.15, 0.2) is 0 Å². The summed E-state index contributed by atoms with van der Waals surface area (Å²) in [6.45, 7) is 0.325. The second-order valence-corrected chi connectivity index (χ2v) is 4.03. The van der Waals surface area contributed by atoms with Gasteiger partial charge in [0.2, 0.25) is 0 Å². The van der Waals surface area contributed by atoms with Crippen molar-refractivity contribution in [1.29, 1.82) is 0 Å². The fourth-order valence-corrected chi connectivity index (χ4v) is 2.28. The van der Waals surface area contributed by atoms with Gasteiger partial charge >= 0.3 is 5.97 Å². The zero-order valence-electron chi connectivity index (χ0n) is 8.15. The van der Waals surface area contributed by atoms with Crippen LogP contribution >= 0.6 is 0 Å². The molecule has 3 atom stereocenters. The van der Waals surface area contributed by atoms with Gasteiger partial charge in [0, 0.05) is 5.92 Å². The van der Waals surface area contributed by atoms with Crippen LogP contribution < -0.4 is 0 Å². The van der Waals surface area contributed by atoms with Crippen LogP contribution in [-0.4, -0.2) is 36.5 Å². The lowest BCUT2D eigenvalue weighted by atomic mass is 9.90. The van der Waals surface area contributed by atoms with Gasteiger partial charge < -0.3 is 14.6 Å². The van der Waals surface area contributed by atoms with Crippen molar-refractivity contribution < 1.29 is 19.4 Å². The molecule has 0 saturated carbocycles. The molecule has 2 fully saturated rings. The molecule has 0 amide bonds. The van der Waals surface area contributed by atoms with Crippen molar-refractivity contribution in [2.24, 2.45) is 5.92 Å². The summed E-state index contributed by atoms with van der Waals surface area (Å²) >= 11 is 0. The number of hydrogen-bond donors (Lipinski definition) is 1. The van der Waals surface area contributed by atoms with Crippen molar-refractivity contribution in [1.82, 2.24) is 0 Å². The Morgan fingerprint density at radius 1 is 1.50 bits per heavy atom. The van der Waals surface area contributed by atoms with Crippen LogP contribution in [0.25, 0.3) is 0 Å². The summed E-state index contributed by atoms with van der Waals surface area (Å²) in [4.78, 5) is 11.0. The van der Waals surface area contributed by atoms with Crippen molar-refractivity contribution in [2.45, 2.75) is 37.9 Å². The first-order valence-corrected chi connectivity index (χ1v) is 5.21. The third-order valence-electron chi connectivity index (χ3n) is 3.01. The summed E-state index contributed by atoms with van der Waals surface area (Å²) in [5, 5.41) is 8.51. The first-order chi connectivity index (χ1) is 6.79. The Bertz CT molecular complexity index is 216. The summed E-state index contributed by atoms with van der Waals surface area (Å²) in [5.74, 6) is 0.0756. The molecule has 2 bridgehead atoms. The van der Waals surface area contributed by atoms with Gasteiger partial charge in [-0.3, -0.25) is 4.79 Å². The van der Waals surface area contributed by atoms with E-state index < -0.39 is 0 Å². The Balaban J connectivity index is 1.69. The van der Waals surface area contributed by atoms with Crippen LogP contribution in [0.3, 0.4) is 0 Å². The smallest absolute Gasteiger partial charge is 0.308 e. The van der Waals surface area contributed by atoms with Crippen molar-refractivity contribution in [2.75, 3.05) is 13.2 Å². The Kier molecular flexibility index (Phi) is 3.03. The van der Waals surface area contributed by atoms with Crippen molar-refractivity contribution in [3.05, 3.63) is 0 Å². The molecule has 0 aliphatic carbocycles. The molecule has 4 nitrogen and oxygen atoms in total. The van der Waals surface area contributed by atoms with Gasteiger partial charge in [-0.25, -0.2) is 0 Å². The van der Waals surface area contributed by atoms with E-state index in [9.17, 15) is 4.79 Å². The quantitative estimate of drug-likeness (QED) is 0.671. The van der Waals surface area contributed by atoms with Gasteiger partial charge in [-0.1, -0.05) is 0 Å². The average Bonchev–Trinajstić information content (AvgIpc) is 2.76. The molecule has 3 unspecified atom stereocenters. The van der Waals surface area contributed by atoms with E-state index >= 15 is 0 Å². The maximum atomic E-state index is 11.0. The number of carbonyl (C=O) groups excluding carboxylic acids is 1. The number of fused-ring (bicyclic) bond motifs is 2. The molecule has 2 saturated heterocycles. The highest BCUT2D eigenvalue weighted by Gasteiger charge is 2.41. The number of rotatable bonds is 4. The van der Waals surface area contributed by atoms with Crippen LogP contribution in [0.1, 0.15) is 25.7 Å². The maximum Gasteiger partial charge on any atom is 0.308 e. The van der Waals surface area contributed by atoms with E-state index in [2.05, 4.69) is 0 Å². The number of carbonyl (C=O) groups is 1. The SMILES string of the molecule is O=C(CCO)OCC1CC2CCC1O2. The molecule has 2 aliphatic heterocycles. The molecular formula is C10H16O4. The van der Waals surface area contributed by atoms with Gasteiger partial charge in [-0.2, -0.15) is 0 Å². The third-order valence-corrected chi connectivity index (χ3v) is 3.01. The summed E-state index contributed by atoms with van der Waals surface area (Å²) in [6, 6.07) is 0. The third kappa shape index (κ3) is 2.07. The molecule has 0 radical (unpaired) electrons. The Hall–Kier alpha value is -0.610. The number of esters is 1. The minimum Gasteiger partial charge on any atom is -0.465 e. The molecule has 0 aromatic carbocycles. The fourth-order valence-electron chi connectivity index (χ4n) is 2.28. The van der Waals surface area contributed by atoms with E-state index in [1.165, 1.54) is 0 Å². The maximum absolute atomic E-state index is 11.0. The van der Waals surface area contributed by atoms with E-state index in [0.29, 0.717) is 24.7 Å². The molecule has 2 rings (SSSR count). The second kappa shape index (κ2) is 4.28. The lowest BCUT2D eigenvalue weighted by Gasteiger charge is -2.17. The fraction of sp³-hybridized carbons (Fsp3) is 0.900. The average molecular weight is 200 g/mol. The second-order valence-electron chi connectivity index (χ2n) is 4.03. The Morgan fingerprint density at radius 3 is 2.93 bits per heavy atom. The lowest BCUT2D eigenvalue weighted by molar-refractivity contribution is -0.146. The van der Waals surface area contributed by atoms with Crippen LogP contribution in [-0.2, 0) is 14.3 Å². The topological polar surface area (TPSA) is 55.8 Å². The summed E-state index contributed by atoms with van der Waals surface area (Å²) in [7, 11) is 0. The Morgan fingerprint density at radius 2 is 2.36 bits per heavy atom. The van der Waals surface area contributed by atoms with E-state index in [1.807, 2.05) is 0 Å². The summed E-state index contributed by atoms with van der Waals surface area (Å²) < 4.78 is 10.7. The van der Waals surface area contributed by atoms with Crippen LogP contribution in [0.5, 0.6) is 0 Å². The predicted molar refractivity (Wildman–Crippen MR) is 48.7 cm³/mol. The number of aliphatic hydroxyl groups excluding tert-OH is 1. The van der Waals surface area contributed by atoms with E-state index in [-0.39, 0.29) is 19.0 Å². The highest BCUT2D eigenvalue weighted by Crippen LogP contribution is 2.38. The molecule has 2 aliphatic rings.